The summed E-state index contributed by atoms with van der Waals surface area (Å²) in [6.45, 7) is 2.04. The Bertz CT molecular complexity index is 514. The highest BCUT2D eigenvalue weighted by Crippen LogP contribution is 2.26. The van der Waals surface area contributed by atoms with Gasteiger partial charge in [-0.15, -0.1) is 0 Å². The van der Waals surface area contributed by atoms with Crippen LogP contribution in [0.15, 0.2) is 41.3 Å². The van der Waals surface area contributed by atoms with E-state index in [-0.39, 0.29) is 6.04 Å². The lowest BCUT2D eigenvalue weighted by molar-refractivity contribution is 0.664. The largest absolute Gasteiger partial charge is 0.308 e. The number of nitrogens with one attached hydrogen (secondary N) is 1. The van der Waals surface area contributed by atoms with Crippen molar-refractivity contribution < 1.29 is 0 Å². The molecule has 2 rings (SSSR count). The fourth-order valence-corrected chi connectivity index (χ4v) is 2.29. The van der Waals surface area contributed by atoms with E-state index in [1.54, 1.807) is 6.20 Å². The van der Waals surface area contributed by atoms with Gasteiger partial charge >= 0.3 is 0 Å². The first kappa shape index (κ1) is 12.2. The van der Waals surface area contributed by atoms with E-state index in [2.05, 4.69) is 37.3 Å². The molecule has 0 aliphatic rings. The number of hydrogen-bond acceptors (Lipinski definition) is 3. The zero-order valence-electron chi connectivity index (χ0n) is 9.81. The van der Waals surface area contributed by atoms with Gasteiger partial charge in [-0.2, -0.15) is 0 Å². The molecule has 2 aromatic heterocycles. The summed E-state index contributed by atoms with van der Waals surface area (Å²) in [7, 11) is 1.92. The molecule has 2 aromatic rings. The van der Waals surface area contributed by atoms with Gasteiger partial charge in [0.15, 0.2) is 0 Å². The molecule has 0 amide bonds. The lowest BCUT2D eigenvalue weighted by Gasteiger charge is -2.17. The molecule has 0 aliphatic heterocycles. The molecule has 3 nitrogen and oxygen atoms in total. The van der Waals surface area contributed by atoms with Crippen LogP contribution in [0.1, 0.15) is 22.9 Å². The summed E-state index contributed by atoms with van der Waals surface area (Å²) in [5, 5.41) is 3.27. The Kier molecular flexibility index (Phi) is 3.86. The van der Waals surface area contributed by atoms with Gasteiger partial charge in [-0.25, -0.2) is 0 Å². The summed E-state index contributed by atoms with van der Waals surface area (Å²) < 4.78 is 1.00. The number of aromatic nitrogens is 2. The third-order valence-electron chi connectivity index (χ3n) is 2.58. The van der Waals surface area contributed by atoms with Crippen molar-refractivity contribution >= 4 is 15.9 Å². The predicted octanol–water partition coefficient (Wildman–Crippen LogP) is 2.86. The molecule has 0 bridgehead atoms. The minimum absolute atomic E-state index is 0.0537. The number of pyridine rings is 2. The molecule has 2 heterocycles. The van der Waals surface area contributed by atoms with Gasteiger partial charge < -0.3 is 5.32 Å². The molecular weight excluding hydrogens is 278 g/mol. The first-order valence-corrected chi connectivity index (χ1v) is 6.21. The predicted molar refractivity (Wildman–Crippen MR) is 71.8 cm³/mol. The number of aryl methyl sites for hydroxylation is 1. The second-order valence-electron chi connectivity index (χ2n) is 3.89. The van der Waals surface area contributed by atoms with E-state index in [0.29, 0.717) is 0 Å². The minimum atomic E-state index is 0.0537. The normalized spacial score (nSPS) is 12.4. The summed E-state index contributed by atoms with van der Waals surface area (Å²) >= 11 is 3.53. The monoisotopic (exact) mass is 291 g/mol. The van der Waals surface area contributed by atoms with E-state index in [9.17, 15) is 0 Å². The van der Waals surface area contributed by atoms with E-state index >= 15 is 0 Å². The maximum absolute atomic E-state index is 4.42. The van der Waals surface area contributed by atoms with Crippen molar-refractivity contribution in [2.24, 2.45) is 0 Å². The Labute approximate surface area is 109 Å². The van der Waals surface area contributed by atoms with Gasteiger partial charge in [0.1, 0.15) is 0 Å². The Morgan fingerprint density at radius 3 is 2.82 bits per heavy atom. The van der Waals surface area contributed by atoms with Gasteiger partial charge in [0.25, 0.3) is 0 Å². The van der Waals surface area contributed by atoms with Gasteiger partial charge in [-0.1, -0.05) is 6.07 Å². The minimum Gasteiger partial charge on any atom is -0.308 e. The van der Waals surface area contributed by atoms with Gasteiger partial charge in [-0.3, -0.25) is 9.97 Å². The molecular formula is C13H14BrN3. The molecule has 0 saturated carbocycles. The standard InChI is InChI=1S/C13H14BrN3/c1-9-6-10(8-16-7-9)12(15-2)13-11(14)4-3-5-17-13/h3-8,12,15H,1-2H3. The molecule has 1 atom stereocenters. The van der Waals surface area contributed by atoms with E-state index in [1.165, 1.54) is 0 Å². The Hall–Kier alpha value is -1.26. The number of nitrogens with zero attached hydrogens (tertiary/aromatic N) is 2. The van der Waals surface area contributed by atoms with Crippen LogP contribution < -0.4 is 5.32 Å². The average molecular weight is 292 g/mol. The van der Waals surface area contributed by atoms with Gasteiger partial charge in [0, 0.05) is 23.1 Å². The first-order valence-electron chi connectivity index (χ1n) is 5.41. The zero-order chi connectivity index (χ0) is 12.3. The van der Waals surface area contributed by atoms with Crippen molar-refractivity contribution in [1.29, 1.82) is 0 Å². The Balaban J connectivity index is 2.44. The first-order chi connectivity index (χ1) is 8.22. The van der Waals surface area contributed by atoms with Crippen molar-refractivity contribution in [3.63, 3.8) is 0 Å². The van der Waals surface area contributed by atoms with Crippen LogP contribution in [-0.2, 0) is 0 Å². The summed E-state index contributed by atoms with van der Waals surface area (Å²) in [6.07, 6.45) is 5.52. The SMILES string of the molecule is CNC(c1cncc(C)c1)c1ncccc1Br. The zero-order valence-corrected chi connectivity index (χ0v) is 11.4. The summed E-state index contributed by atoms with van der Waals surface area (Å²) in [4.78, 5) is 8.64. The van der Waals surface area contributed by atoms with Crippen LogP contribution in [-0.4, -0.2) is 17.0 Å². The second-order valence-corrected chi connectivity index (χ2v) is 4.74. The molecule has 0 fully saturated rings. The lowest BCUT2D eigenvalue weighted by Crippen LogP contribution is -2.19. The molecule has 1 unspecified atom stereocenters. The molecule has 0 radical (unpaired) electrons. The fourth-order valence-electron chi connectivity index (χ4n) is 1.81. The molecule has 4 heteroatoms. The molecule has 0 saturated heterocycles. The van der Waals surface area contributed by atoms with Crippen LogP contribution in [0.3, 0.4) is 0 Å². The van der Waals surface area contributed by atoms with E-state index < -0.39 is 0 Å². The van der Waals surface area contributed by atoms with Crippen molar-refractivity contribution in [2.75, 3.05) is 7.05 Å². The molecule has 88 valence electrons. The van der Waals surface area contributed by atoms with Crippen LogP contribution in [0, 0.1) is 6.92 Å². The maximum atomic E-state index is 4.42. The topological polar surface area (TPSA) is 37.8 Å². The van der Waals surface area contributed by atoms with Crippen molar-refractivity contribution in [3.8, 4) is 0 Å². The number of rotatable bonds is 3. The summed E-state index contributed by atoms with van der Waals surface area (Å²) in [6, 6.07) is 6.08. The van der Waals surface area contributed by atoms with Gasteiger partial charge in [0.05, 0.1) is 11.7 Å². The highest BCUT2D eigenvalue weighted by Gasteiger charge is 2.16. The van der Waals surface area contributed by atoms with Crippen LogP contribution in [0.4, 0.5) is 0 Å². The van der Waals surface area contributed by atoms with Crippen molar-refractivity contribution in [3.05, 3.63) is 58.1 Å². The second kappa shape index (κ2) is 5.38. The molecule has 1 N–H and O–H groups in total. The van der Waals surface area contributed by atoms with E-state index in [0.717, 1.165) is 21.3 Å². The highest BCUT2D eigenvalue weighted by atomic mass is 79.9. The van der Waals surface area contributed by atoms with E-state index in [4.69, 9.17) is 0 Å². The van der Waals surface area contributed by atoms with Crippen LogP contribution in [0.2, 0.25) is 0 Å². The lowest BCUT2D eigenvalue weighted by atomic mass is 10.0. The maximum Gasteiger partial charge on any atom is 0.0775 e. The van der Waals surface area contributed by atoms with E-state index in [1.807, 2.05) is 38.5 Å². The molecule has 0 aliphatic carbocycles. The average Bonchev–Trinajstić information content (AvgIpc) is 2.33. The highest BCUT2D eigenvalue weighted by molar-refractivity contribution is 9.10. The van der Waals surface area contributed by atoms with Crippen molar-refractivity contribution in [2.45, 2.75) is 13.0 Å². The van der Waals surface area contributed by atoms with Crippen LogP contribution in [0.25, 0.3) is 0 Å². The quantitative estimate of drug-likeness (QED) is 0.945. The molecule has 17 heavy (non-hydrogen) atoms. The smallest absolute Gasteiger partial charge is 0.0775 e. The van der Waals surface area contributed by atoms with Crippen molar-refractivity contribution in [1.82, 2.24) is 15.3 Å². The summed E-state index contributed by atoms with van der Waals surface area (Å²) in [5.74, 6) is 0. The molecule has 0 spiro atoms. The molecule has 0 aromatic carbocycles. The Morgan fingerprint density at radius 2 is 2.18 bits per heavy atom. The fraction of sp³-hybridized carbons (Fsp3) is 0.231. The number of halogens is 1. The summed E-state index contributed by atoms with van der Waals surface area (Å²) in [5.41, 5.74) is 3.24. The van der Waals surface area contributed by atoms with Gasteiger partial charge in [-0.05, 0) is 53.2 Å². The third-order valence-corrected chi connectivity index (χ3v) is 3.25. The van der Waals surface area contributed by atoms with Crippen LogP contribution >= 0.6 is 15.9 Å². The Morgan fingerprint density at radius 1 is 1.35 bits per heavy atom. The third kappa shape index (κ3) is 2.70. The number of hydrogen-bond donors (Lipinski definition) is 1. The van der Waals surface area contributed by atoms with Gasteiger partial charge in [0.2, 0.25) is 0 Å². The van der Waals surface area contributed by atoms with Crippen LogP contribution in [0.5, 0.6) is 0 Å².